The maximum absolute atomic E-state index is 6.18. The number of likely N-dealkylation sites (N-methyl/N-ethyl adjacent to an activating group) is 1. The van der Waals surface area contributed by atoms with Gasteiger partial charge in [-0.05, 0) is 31.7 Å². The summed E-state index contributed by atoms with van der Waals surface area (Å²) in [6.07, 6.45) is 0.178. The van der Waals surface area contributed by atoms with E-state index in [9.17, 15) is 0 Å². The lowest BCUT2D eigenvalue weighted by Crippen LogP contribution is -2.48. The van der Waals surface area contributed by atoms with Gasteiger partial charge in [0.25, 0.3) is 0 Å². The molecule has 2 N–H and O–H groups in total. The highest BCUT2D eigenvalue weighted by atomic mass is 35.5. The smallest absolute Gasteiger partial charge is 0.191 e. The number of hydrogen-bond acceptors (Lipinski definition) is 3. The molecule has 1 saturated heterocycles. The van der Waals surface area contributed by atoms with Crippen LogP contribution < -0.4 is 10.6 Å². The molecule has 0 amide bonds. The first-order valence-electron chi connectivity index (χ1n) is 7.84. The minimum absolute atomic E-state index is 0.178. The molecule has 23 heavy (non-hydrogen) atoms. The number of ether oxygens (including phenoxy) is 1. The van der Waals surface area contributed by atoms with Crippen LogP contribution in [0.3, 0.4) is 0 Å². The molecule has 1 fully saturated rings. The Balaban J connectivity index is 1.91. The number of benzene rings is 1. The molecule has 0 radical (unpaired) electrons. The molecule has 0 bridgehead atoms. The van der Waals surface area contributed by atoms with E-state index in [4.69, 9.17) is 27.9 Å². The highest BCUT2D eigenvalue weighted by Gasteiger charge is 2.17. The number of guanidine groups is 1. The summed E-state index contributed by atoms with van der Waals surface area (Å²) in [5.41, 5.74) is 0.946. The van der Waals surface area contributed by atoms with E-state index >= 15 is 0 Å². The van der Waals surface area contributed by atoms with Crippen molar-refractivity contribution in [3.8, 4) is 0 Å². The van der Waals surface area contributed by atoms with Gasteiger partial charge in [0, 0.05) is 36.2 Å². The van der Waals surface area contributed by atoms with Crippen molar-refractivity contribution >= 4 is 29.2 Å². The van der Waals surface area contributed by atoms with E-state index in [-0.39, 0.29) is 6.10 Å². The van der Waals surface area contributed by atoms with E-state index in [0.717, 1.165) is 44.3 Å². The summed E-state index contributed by atoms with van der Waals surface area (Å²) in [7, 11) is 2.11. The van der Waals surface area contributed by atoms with E-state index in [1.165, 1.54) is 0 Å². The highest BCUT2D eigenvalue weighted by molar-refractivity contribution is 6.35. The highest BCUT2D eigenvalue weighted by Crippen LogP contribution is 2.21. The molecule has 5 nitrogen and oxygen atoms in total. The van der Waals surface area contributed by atoms with Crippen LogP contribution >= 0.6 is 23.2 Å². The molecule has 2 rings (SSSR count). The number of nitrogens with one attached hydrogen (secondary N) is 2. The second-order valence-electron chi connectivity index (χ2n) is 5.57. The van der Waals surface area contributed by atoms with Crippen molar-refractivity contribution < 1.29 is 4.74 Å². The lowest BCUT2D eigenvalue weighted by atomic mass is 10.2. The fourth-order valence-corrected chi connectivity index (χ4v) is 2.82. The Morgan fingerprint density at radius 2 is 2.22 bits per heavy atom. The first-order chi connectivity index (χ1) is 11.1. The molecule has 1 heterocycles. The van der Waals surface area contributed by atoms with Crippen LogP contribution in [0.15, 0.2) is 23.2 Å². The van der Waals surface area contributed by atoms with Gasteiger partial charge in [-0.25, -0.2) is 4.99 Å². The summed E-state index contributed by atoms with van der Waals surface area (Å²) in [5, 5.41) is 7.83. The van der Waals surface area contributed by atoms with Gasteiger partial charge in [-0.2, -0.15) is 0 Å². The van der Waals surface area contributed by atoms with Crippen molar-refractivity contribution in [1.29, 1.82) is 0 Å². The molecule has 7 heteroatoms. The molecule has 0 spiro atoms. The van der Waals surface area contributed by atoms with Gasteiger partial charge < -0.3 is 20.3 Å². The Bertz CT molecular complexity index is 539. The Hall–Kier alpha value is -1.01. The Morgan fingerprint density at radius 1 is 1.39 bits per heavy atom. The fraction of sp³-hybridized carbons (Fsp3) is 0.562. The summed E-state index contributed by atoms with van der Waals surface area (Å²) in [6.45, 7) is 6.75. The summed E-state index contributed by atoms with van der Waals surface area (Å²) in [4.78, 5) is 6.85. The number of rotatable bonds is 5. The van der Waals surface area contributed by atoms with Crippen molar-refractivity contribution in [3.05, 3.63) is 33.8 Å². The van der Waals surface area contributed by atoms with Gasteiger partial charge in [0.2, 0.25) is 0 Å². The van der Waals surface area contributed by atoms with Crippen LogP contribution in [0.1, 0.15) is 12.5 Å². The number of halogens is 2. The molecule has 1 atom stereocenters. The minimum atomic E-state index is 0.178. The predicted octanol–water partition coefficient (Wildman–Crippen LogP) is 2.38. The van der Waals surface area contributed by atoms with Gasteiger partial charge in [0.05, 0.1) is 19.3 Å². The Labute approximate surface area is 148 Å². The molecule has 1 unspecified atom stereocenters. The maximum Gasteiger partial charge on any atom is 0.191 e. The largest absolute Gasteiger partial charge is 0.374 e. The van der Waals surface area contributed by atoms with Gasteiger partial charge in [-0.15, -0.1) is 0 Å². The van der Waals surface area contributed by atoms with Crippen molar-refractivity contribution in [1.82, 2.24) is 15.5 Å². The molecular formula is C16H24Cl2N4O. The zero-order chi connectivity index (χ0) is 16.7. The van der Waals surface area contributed by atoms with Crippen LogP contribution in [0.2, 0.25) is 10.0 Å². The van der Waals surface area contributed by atoms with E-state index in [1.54, 1.807) is 6.07 Å². The van der Waals surface area contributed by atoms with Gasteiger partial charge in [0.1, 0.15) is 0 Å². The lowest BCUT2D eigenvalue weighted by Gasteiger charge is -2.30. The lowest BCUT2D eigenvalue weighted by molar-refractivity contribution is -0.0161. The predicted molar refractivity (Wildman–Crippen MR) is 96.5 cm³/mol. The molecule has 0 aliphatic carbocycles. The van der Waals surface area contributed by atoms with E-state index in [2.05, 4.69) is 27.6 Å². The Morgan fingerprint density at radius 3 is 2.91 bits per heavy atom. The third kappa shape index (κ3) is 6.18. The van der Waals surface area contributed by atoms with Crippen LogP contribution in [0, 0.1) is 0 Å². The first-order valence-corrected chi connectivity index (χ1v) is 8.60. The number of hydrogen-bond donors (Lipinski definition) is 2. The monoisotopic (exact) mass is 358 g/mol. The van der Waals surface area contributed by atoms with Crippen molar-refractivity contribution in [2.24, 2.45) is 4.99 Å². The second-order valence-corrected chi connectivity index (χ2v) is 6.41. The number of morpholine rings is 1. The molecule has 1 aliphatic rings. The maximum atomic E-state index is 6.18. The SMILES string of the molecule is CCNC(=NCc1ccc(Cl)cc1Cl)NCC1CN(C)CCO1. The normalized spacial score (nSPS) is 19.7. The van der Waals surface area contributed by atoms with Crippen LogP contribution in [-0.2, 0) is 11.3 Å². The summed E-state index contributed by atoms with van der Waals surface area (Å²) >= 11 is 12.1. The van der Waals surface area contributed by atoms with E-state index in [1.807, 2.05) is 19.1 Å². The van der Waals surface area contributed by atoms with Crippen molar-refractivity contribution in [2.45, 2.75) is 19.6 Å². The zero-order valence-corrected chi connectivity index (χ0v) is 15.1. The average molecular weight is 359 g/mol. The molecule has 1 aliphatic heterocycles. The zero-order valence-electron chi connectivity index (χ0n) is 13.6. The standard InChI is InChI=1S/C16H24Cl2N4O/c1-3-19-16(21-10-14-11-22(2)6-7-23-14)20-9-12-4-5-13(17)8-15(12)18/h4-5,8,14H,3,6-7,9-11H2,1-2H3,(H2,19,20,21). The van der Waals surface area contributed by atoms with Crippen LogP contribution in [0.4, 0.5) is 0 Å². The van der Waals surface area contributed by atoms with Gasteiger partial charge in [-0.1, -0.05) is 29.3 Å². The van der Waals surface area contributed by atoms with E-state index < -0.39 is 0 Å². The van der Waals surface area contributed by atoms with Gasteiger partial charge in [-0.3, -0.25) is 0 Å². The van der Waals surface area contributed by atoms with Crippen LogP contribution in [-0.4, -0.2) is 56.8 Å². The van der Waals surface area contributed by atoms with Crippen molar-refractivity contribution in [2.75, 3.05) is 39.8 Å². The molecule has 128 valence electrons. The number of nitrogens with zero attached hydrogens (tertiary/aromatic N) is 2. The summed E-state index contributed by atoms with van der Waals surface area (Å²) in [5.74, 6) is 0.760. The van der Waals surface area contributed by atoms with E-state index in [0.29, 0.717) is 16.6 Å². The fourth-order valence-electron chi connectivity index (χ4n) is 2.36. The molecule has 1 aromatic rings. The first kappa shape index (κ1) is 18.3. The topological polar surface area (TPSA) is 48.9 Å². The third-order valence-electron chi connectivity index (χ3n) is 3.61. The second kappa shape index (κ2) is 9.33. The van der Waals surface area contributed by atoms with Gasteiger partial charge in [0.15, 0.2) is 5.96 Å². The average Bonchev–Trinajstić information content (AvgIpc) is 2.51. The van der Waals surface area contributed by atoms with Gasteiger partial charge >= 0.3 is 0 Å². The summed E-state index contributed by atoms with van der Waals surface area (Å²) in [6, 6.07) is 5.46. The quantitative estimate of drug-likeness (QED) is 0.626. The van der Waals surface area contributed by atoms with Crippen LogP contribution in [0.5, 0.6) is 0 Å². The molecule has 1 aromatic carbocycles. The minimum Gasteiger partial charge on any atom is -0.374 e. The van der Waals surface area contributed by atoms with Crippen LogP contribution in [0.25, 0.3) is 0 Å². The number of aliphatic imine (C=N–C) groups is 1. The molecule has 0 saturated carbocycles. The molecule has 0 aromatic heterocycles. The molecular weight excluding hydrogens is 335 g/mol. The Kier molecular flexibility index (Phi) is 7.43. The van der Waals surface area contributed by atoms with Crippen molar-refractivity contribution in [3.63, 3.8) is 0 Å². The third-order valence-corrected chi connectivity index (χ3v) is 4.19. The summed E-state index contributed by atoms with van der Waals surface area (Å²) < 4.78 is 5.75.